The van der Waals surface area contributed by atoms with Crippen molar-refractivity contribution in [2.24, 2.45) is 0 Å². The number of amides is 2. The lowest BCUT2D eigenvalue weighted by molar-refractivity contribution is -0.122. The van der Waals surface area contributed by atoms with Gasteiger partial charge in [0, 0.05) is 18.7 Å². The monoisotopic (exact) mass is 382 g/mol. The highest BCUT2D eigenvalue weighted by Crippen LogP contribution is 2.37. The number of ether oxygens (including phenoxy) is 2. The van der Waals surface area contributed by atoms with Crippen LogP contribution in [0.2, 0.25) is 0 Å². The lowest BCUT2D eigenvalue weighted by Crippen LogP contribution is -2.34. The molecule has 0 bridgehead atoms. The van der Waals surface area contributed by atoms with Gasteiger partial charge in [-0.2, -0.15) is 0 Å². The van der Waals surface area contributed by atoms with E-state index in [9.17, 15) is 9.59 Å². The summed E-state index contributed by atoms with van der Waals surface area (Å²) in [5.41, 5.74) is 2.51. The van der Waals surface area contributed by atoms with Crippen LogP contribution in [0.4, 0.5) is 0 Å². The van der Waals surface area contributed by atoms with Gasteiger partial charge in [-0.05, 0) is 35.7 Å². The van der Waals surface area contributed by atoms with Gasteiger partial charge in [0.25, 0.3) is 5.91 Å². The molecule has 0 saturated carbocycles. The van der Waals surface area contributed by atoms with E-state index in [-0.39, 0.29) is 18.2 Å². The maximum atomic E-state index is 13.0. The van der Waals surface area contributed by atoms with Crippen LogP contribution in [0.15, 0.2) is 42.5 Å². The number of hydrogen-bond donors (Lipinski definition) is 1. The highest BCUT2D eigenvalue weighted by molar-refractivity contribution is 5.98. The Bertz CT molecular complexity index is 865. The molecule has 0 spiro atoms. The van der Waals surface area contributed by atoms with Gasteiger partial charge < -0.3 is 19.7 Å². The minimum atomic E-state index is -0.392. The van der Waals surface area contributed by atoms with Crippen molar-refractivity contribution in [1.82, 2.24) is 10.2 Å². The predicted octanol–water partition coefficient (Wildman–Crippen LogP) is 3.32. The number of nitrogens with zero attached hydrogens (tertiary/aromatic N) is 1. The van der Waals surface area contributed by atoms with Gasteiger partial charge in [0.05, 0.1) is 26.7 Å². The molecule has 2 aromatic rings. The topological polar surface area (TPSA) is 67.9 Å². The van der Waals surface area contributed by atoms with Gasteiger partial charge in [0.15, 0.2) is 11.5 Å². The molecule has 1 heterocycles. The van der Waals surface area contributed by atoms with Crippen LogP contribution in [0, 0.1) is 0 Å². The number of hydrogen-bond acceptors (Lipinski definition) is 4. The SMILES string of the molecule is CCCNC(=O)C[C@H](c1ccc(OC)c(OC)c1)N1Cc2ccccc2C1=O. The number of carbonyl (C=O) groups excluding carboxylic acids is 2. The van der Waals surface area contributed by atoms with E-state index in [0.717, 1.165) is 17.5 Å². The van der Waals surface area contributed by atoms with Crippen molar-refractivity contribution in [2.75, 3.05) is 20.8 Å². The number of methoxy groups -OCH3 is 2. The Morgan fingerprint density at radius 2 is 1.89 bits per heavy atom. The van der Waals surface area contributed by atoms with E-state index in [2.05, 4.69) is 5.32 Å². The van der Waals surface area contributed by atoms with Gasteiger partial charge in [-0.15, -0.1) is 0 Å². The molecule has 0 aromatic heterocycles. The minimum absolute atomic E-state index is 0.0568. The largest absolute Gasteiger partial charge is 0.493 e. The highest BCUT2D eigenvalue weighted by Gasteiger charge is 2.34. The Kier molecular flexibility index (Phi) is 6.19. The van der Waals surface area contributed by atoms with E-state index in [1.807, 2.05) is 43.3 Å². The zero-order valence-electron chi connectivity index (χ0n) is 16.5. The van der Waals surface area contributed by atoms with Crippen LogP contribution in [0.5, 0.6) is 11.5 Å². The molecule has 148 valence electrons. The molecule has 0 radical (unpaired) electrons. The fourth-order valence-corrected chi connectivity index (χ4v) is 3.51. The molecule has 0 aliphatic carbocycles. The molecule has 2 aromatic carbocycles. The maximum absolute atomic E-state index is 13.0. The first-order valence-corrected chi connectivity index (χ1v) is 9.46. The standard InChI is InChI=1S/C22H26N2O4/c1-4-11-23-21(25)13-18(15-9-10-19(27-2)20(12-15)28-3)24-14-16-7-5-6-8-17(16)22(24)26/h5-10,12,18H,4,11,13-14H2,1-3H3,(H,23,25)/t18-/m1/s1. The Morgan fingerprint density at radius 1 is 1.14 bits per heavy atom. The molecule has 6 nitrogen and oxygen atoms in total. The summed E-state index contributed by atoms with van der Waals surface area (Å²) in [5, 5.41) is 2.91. The fraction of sp³-hybridized carbons (Fsp3) is 0.364. The summed E-state index contributed by atoms with van der Waals surface area (Å²) in [6, 6.07) is 12.7. The number of carbonyl (C=O) groups is 2. The van der Waals surface area contributed by atoms with Crippen molar-refractivity contribution in [1.29, 1.82) is 0 Å². The fourth-order valence-electron chi connectivity index (χ4n) is 3.51. The first kappa shape index (κ1) is 19.7. The summed E-state index contributed by atoms with van der Waals surface area (Å²) < 4.78 is 10.7. The highest BCUT2D eigenvalue weighted by atomic mass is 16.5. The summed E-state index contributed by atoms with van der Waals surface area (Å²) in [6.45, 7) is 3.10. The summed E-state index contributed by atoms with van der Waals surface area (Å²) in [4.78, 5) is 27.3. The zero-order chi connectivity index (χ0) is 20.1. The van der Waals surface area contributed by atoms with Gasteiger partial charge in [0.1, 0.15) is 0 Å². The third-order valence-corrected chi connectivity index (χ3v) is 4.97. The summed E-state index contributed by atoms with van der Waals surface area (Å²) in [5.74, 6) is 1.05. The second kappa shape index (κ2) is 8.78. The molecule has 28 heavy (non-hydrogen) atoms. The molecule has 0 unspecified atom stereocenters. The van der Waals surface area contributed by atoms with Crippen LogP contribution in [-0.2, 0) is 11.3 Å². The van der Waals surface area contributed by atoms with Crippen LogP contribution >= 0.6 is 0 Å². The van der Waals surface area contributed by atoms with Gasteiger partial charge >= 0.3 is 0 Å². The summed E-state index contributed by atoms with van der Waals surface area (Å²) in [7, 11) is 3.15. The molecular weight excluding hydrogens is 356 g/mol. The van der Waals surface area contributed by atoms with E-state index in [1.54, 1.807) is 25.2 Å². The second-order valence-electron chi connectivity index (χ2n) is 6.77. The molecule has 1 atom stereocenters. The molecule has 1 aliphatic heterocycles. The maximum Gasteiger partial charge on any atom is 0.255 e. The van der Waals surface area contributed by atoms with Gasteiger partial charge in [-0.3, -0.25) is 9.59 Å². The Morgan fingerprint density at radius 3 is 2.57 bits per heavy atom. The third-order valence-electron chi connectivity index (χ3n) is 4.97. The lowest BCUT2D eigenvalue weighted by Gasteiger charge is -2.28. The first-order valence-electron chi connectivity index (χ1n) is 9.46. The zero-order valence-corrected chi connectivity index (χ0v) is 16.5. The van der Waals surface area contributed by atoms with Gasteiger partial charge in [-0.1, -0.05) is 31.2 Å². The average molecular weight is 382 g/mol. The van der Waals surface area contributed by atoms with Crippen molar-refractivity contribution in [3.8, 4) is 11.5 Å². The molecule has 6 heteroatoms. The molecule has 0 fully saturated rings. The second-order valence-corrected chi connectivity index (χ2v) is 6.77. The molecule has 2 amide bonds. The third kappa shape index (κ3) is 3.96. The summed E-state index contributed by atoms with van der Waals surface area (Å²) in [6.07, 6.45) is 1.05. The predicted molar refractivity (Wildman–Crippen MR) is 107 cm³/mol. The van der Waals surface area contributed by atoms with Crippen molar-refractivity contribution in [2.45, 2.75) is 32.4 Å². The molecule has 3 rings (SSSR count). The Hall–Kier alpha value is -3.02. The average Bonchev–Trinajstić information content (AvgIpc) is 3.06. The Labute approximate surface area is 165 Å². The van der Waals surface area contributed by atoms with Crippen LogP contribution in [0.25, 0.3) is 0 Å². The normalized spacial score (nSPS) is 13.8. The van der Waals surface area contributed by atoms with Crippen molar-refractivity contribution < 1.29 is 19.1 Å². The molecule has 1 N–H and O–H groups in total. The van der Waals surface area contributed by atoms with Crippen molar-refractivity contribution >= 4 is 11.8 Å². The lowest BCUT2D eigenvalue weighted by atomic mass is 10.0. The smallest absolute Gasteiger partial charge is 0.255 e. The van der Waals surface area contributed by atoms with E-state index >= 15 is 0 Å². The van der Waals surface area contributed by atoms with E-state index in [4.69, 9.17) is 9.47 Å². The quantitative estimate of drug-likeness (QED) is 0.761. The number of benzene rings is 2. The molecule has 1 aliphatic rings. The number of nitrogens with one attached hydrogen (secondary N) is 1. The van der Waals surface area contributed by atoms with Crippen LogP contribution in [0.1, 0.15) is 47.3 Å². The van der Waals surface area contributed by atoms with Crippen LogP contribution < -0.4 is 14.8 Å². The van der Waals surface area contributed by atoms with Gasteiger partial charge in [0.2, 0.25) is 5.91 Å². The van der Waals surface area contributed by atoms with E-state index < -0.39 is 6.04 Å². The molecular formula is C22H26N2O4. The van der Waals surface area contributed by atoms with Crippen molar-refractivity contribution in [3.05, 3.63) is 59.2 Å². The van der Waals surface area contributed by atoms with Gasteiger partial charge in [-0.25, -0.2) is 0 Å². The minimum Gasteiger partial charge on any atom is -0.493 e. The number of rotatable bonds is 8. The Balaban J connectivity index is 1.94. The summed E-state index contributed by atoms with van der Waals surface area (Å²) >= 11 is 0. The number of fused-ring (bicyclic) bond motifs is 1. The van der Waals surface area contributed by atoms with Crippen LogP contribution in [0.3, 0.4) is 0 Å². The first-order chi connectivity index (χ1) is 13.6. The molecule has 0 saturated heterocycles. The van der Waals surface area contributed by atoms with E-state index in [1.165, 1.54) is 0 Å². The van der Waals surface area contributed by atoms with E-state index in [0.29, 0.717) is 30.2 Å². The van der Waals surface area contributed by atoms with Crippen LogP contribution in [-0.4, -0.2) is 37.5 Å². The van der Waals surface area contributed by atoms with Crippen molar-refractivity contribution in [3.63, 3.8) is 0 Å².